The molecule has 0 saturated carbocycles. The molecule has 0 radical (unpaired) electrons. The summed E-state index contributed by atoms with van der Waals surface area (Å²) in [7, 11) is 0. The van der Waals surface area contributed by atoms with Gasteiger partial charge in [0.15, 0.2) is 5.82 Å². The third-order valence-electron chi connectivity index (χ3n) is 6.70. The number of hydrogen-bond donors (Lipinski definition) is 3. The Labute approximate surface area is 226 Å². The maximum atomic E-state index is 15.7. The largest absolute Gasteiger partial charge is 0.395 e. The van der Waals surface area contributed by atoms with Gasteiger partial charge in [0.2, 0.25) is 5.91 Å². The van der Waals surface area contributed by atoms with Crippen molar-refractivity contribution in [2.45, 2.75) is 19.3 Å². The van der Waals surface area contributed by atoms with Crippen molar-refractivity contribution < 1.29 is 19.1 Å². The fraction of sp³-hybridized carbons (Fsp3) is 0.310. The molecule has 0 fully saturated rings. The van der Waals surface area contributed by atoms with E-state index < -0.39 is 5.82 Å². The number of aromatic nitrogens is 1. The first kappa shape index (κ1) is 27.7. The Hall–Kier alpha value is -4.31. The van der Waals surface area contributed by atoms with Gasteiger partial charge in [0.25, 0.3) is 5.91 Å². The normalized spacial score (nSPS) is 13.9. The van der Waals surface area contributed by atoms with Crippen LogP contribution in [0.5, 0.6) is 0 Å². The first-order valence-corrected chi connectivity index (χ1v) is 13.0. The number of aromatic amines is 1. The Kier molecular flexibility index (Phi) is 9.58. The minimum atomic E-state index is -0.462. The van der Waals surface area contributed by atoms with Gasteiger partial charge in [-0.25, -0.2) is 4.39 Å². The van der Waals surface area contributed by atoms with Gasteiger partial charge in [0.05, 0.1) is 18.3 Å². The summed E-state index contributed by atoms with van der Waals surface area (Å²) in [5, 5.41) is 13.4. The zero-order valence-electron chi connectivity index (χ0n) is 21.7. The number of carbonyl (C=O) groups is 2. The summed E-state index contributed by atoms with van der Waals surface area (Å²) in [5.41, 5.74) is 2.71. The molecule has 204 valence electrons. The number of carbonyl (C=O) groups excluding carboxylic acids is 2. The van der Waals surface area contributed by atoms with Crippen LogP contribution in [0.4, 0.5) is 4.39 Å². The van der Waals surface area contributed by atoms with Crippen molar-refractivity contribution >= 4 is 40.7 Å². The van der Waals surface area contributed by atoms with Gasteiger partial charge in [-0.15, -0.1) is 0 Å². The quantitative estimate of drug-likeness (QED) is 0.199. The molecule has 0 unspecified atom stereocenters. The van der Waals surface area contributed by atoms with Crippen molar-refractivity contribution in [2.24, 2.45) is 15.9 Å². The highest BCUT2D eigenvalue weighted by Gasteiger charge is 2.23. The van der Waals surface area contributed by atoms with Crippen LogP contribution in [0, 0.1) is 5.82 Å². The van der Waals surface area contributed by atoms with E-state index in [1.54, 1.807) is 28.0 Å². The van der Waals surface area contributed by atoms with E-state index >= 15 is 4.39 Å². The van der Waals surface area contributed by atoms with Gasteiger partial charge in [-0.1, -0.05) is 48.5 Å². The van der Waals surface area contributed by atoms with E-state index in [-0.39, 0.29) is 42.6 Å². The molecule has 3 aromatic rings. The Morgan fingerprint density at radius 3 is 2.74 bits per heavy atom. The Morgan fingerprint density at radius 2 is 1.97 bits per heavy atom. The number of benzene rings is 2. The number of nitrogens with zero attached hydrogens (tertiary/aromatic N) is 4. The predicted molar refractivity (Wildman–Crippen MR) is 151 cm³/mol. The van der Waals surface area contributed by atoms with Crippen LogP contribution in [-0.2, 0) is 11.2 Å². The smallest absolute Gasteiger partial charge is 0.270 e. The van der Waals surface area contributed by atoms with Crippen LogP contribution in [-0.4, -0.2) is 83.5 Å². The number of aliphatic imine (C=N–C) groups is 1. The van der Waals surface area contributed by atoms with Crippen molar-refractivity contribution in [2.75, 3.05) is 39.3 Å². The Bertz CT molecular complexity index is 1380. The van der Waals surface area contributed by atoms with Gasteiger partial charge in [0.1, 0.15) is 5.69 Å². The number of aliphatic hydroxyl groups is 1. The fourth-order valence-electron chi connectivity index (χ4n) is 4.67. The molecule has 4 rings (SSSR count). The topological polar surface area (TPSA) is 127 Å². The van der Waals surface area contributed by atoms with Crippen LogP contribution >= 0.6 is 0 Å². The molecule has 0 spiro atoms. The zero-order valence-corrected chi connectivity index (χ0v) is 21.7. The Balaban J connectivity index is 1.48. The SMILES string of the molecule is N/N=C\C=NCCC(=O)N1CCC=C(c2ccc3cc(C(=O)N(CCO)CCc4ccccc4)[nH]c3c2F)C1. The van der Waals surface area contributed by atoms with Gasteiger partial charge < -0.3 is 25.7 Å². The van der Waals surface area contributed by atoms with E-state index in [2.05, 4.69) is 15.1 Å². The molecule has 1 aliphatic rings. The number of nitrogens with one attached hydrogen (secondary N) is 1. The first-order chi connectivity index (χ1) is 19.0. The standard InChI is InChI=1S/C29H33FN6O3/c30-27-24(23-7-4-15-36(20-23)26(38)10-12-32-13-14-33-31)9-8-22-19-25(34-28(22)27)29(39)35(17-18-37)16-11-21-5-2-1-3-6-21/h1-3,5-9,13-14,19,34,37H,4,10-12,15-18,20,31H2/b32-13?,33-14-. The number of aliphatic hydroxyl groups excluding tert-OH is 1. The highest BCUT2D eigenvalue weighted by atomic mass is 19.1. The van der Waals surface area contributed by atoms with E-state index in [0.717, 1.165) is 11.1 Å². The third kappa shape index (κ3) is 6.97. The number of hydrazone groups is 1. The molecule has 2 aromatic carbocycles. The third-order valence-corrected chi connectivity index (χ3v) is 6.70. The van der Waals surface area contributed by atoms with Crippen LogP contribution in [0.2, 0.25) is 0 Å². The zero-order chi connectivity index (χ0) is 27.6. The number of halogens is 1. The predicted octanol–water partition coefficient (Wildman–Crippen LogP) is 3.01. The van der Waals surface area contributed by atoms with Crippen LogP contribution in [0.1, 0.15) is 34.5 Å². The number of amides is 2. The second-order valence-electron chi connectivity index (χ2n) is 9.26. The maximum Gasteiger partial charge on any atom is 0.270 e. The van der Waals surface area contributed by atoms with Crippen LogP contribution in [0.15, 0.2) is 64.7 Å². The Morgan fingerprint density at radius 1 is 1.15 bits per heavy atom. The molecule has 39 heavy (non-hydrogen) atoms. The summed E-state index contributed by atoms with van der Waals surface area (Å²) >= 11 is 0. The molecule has 2 heterocycles. The van der Waals surface area contributed by atoms with Gasteiger partial charge in [-0.3, -0.25) is 14.6 Å². The summed E-state index contributed by atoms with van der Waals surface area (Å²) in [6, 6.07) is 14.9. The second-order valence-corrected chi connectivity index (χ2v) is 9.26. The van der Waals surface area contributed by atoms with Gasteiger partial charge >= 0.3 is 0 Å². The summed E-state index contributed by atoms with van der Waals surface area (Å²) in [4.78, 5) is 36.2. The van der Waals surface area contributed by atoms with Crippen molar-refractivity contribution in [3.8, 4) is 0 Å². The lowest BCUT2D eigenvalue weighted by Gasteiger charge is -2.27. The second kappa shape index (κ2) is 13.5. The molecular weight excluding hydrogens is 499 g/mol. The lowest BCUT2D eigenvalue weighted by molar-refractivity contribution is -0.130. The average molecular weight is 533 g/mol. The molecule has 0 aliphatic carbocycles. The van der Waals surface area contributed by atoms with Crippen molar-refractivity contribution in [1.82, 2.24) is 14.8 Å². The first-order valence-electron chi connectivity index (χ1n) is 13.0. The molecule has 0 saturated heterocycles. The van der Waals surface area contributed by atoms with Gasteiger partial charge in [0, 0.05) is 56.3 Å². The van der Waals surface area contributed by atoms with Crippen LogP contribution in [0.25, 0.3) is 16.5 Å². The van der Waals surface area contributed by atoms with E-state index in [4.69, 9.17) is 5.84 Å². The number of H-pyrrole nitrogens is 1. The molecule has 0 atom stereocenters. The molecule has 1 aromatic heterocycles. The fourth-order valence-corrected chi connectivity index (χ4v) is 4.67. The number of rotatable bonds is 11. The summed E-state index contributed by atoms with van der Waals surface area (Å²) in [6.07, 6.45) is 6.24. The van der Waals surface area contributed by atoms with Crippen molar-refractivity contribution in [3.63, 3.8) is 0 Å². The highest BCUT2D eigenvalue weighted by molar-refractivity contribution is 6.15. The van der Waals surface area contributed by atoms with Gasteiger partial charge in [-0.2, -0.15) is 5.10 Å². The minimum Gasteiger partial charge on any atom is -0.395 e. The summed E-state index contributed by atoms with van der Waals surface area (Å²) in [5.74, 6) is 4.19. The van der Waals surface area contributed by atoms with Crippen LogP contribution in [0.3, 0.4) is 0 Å². The maximum absolute atomic E-state index is 15.7. The summed E-state index contributed by atoms with van der Waals surface area (Å²) in [6.45, 7) is 1.61. The number of nitrogens with two attached hydrogens (primary N) is 1. The van der Waals surface area contributed by atoms with Crippen LogP contribution < -0.4 is 5.84 Å². The van der Waals surface area contributed by atoms with E-state index in [9.17, 15) is 14.7 Å². The molecule has 9 nitrogen and oxygen atoms in total. The van der Waals surface area contributed by atoms with E-state index in [1.807, 2.05) is 36.4 Å². The van der Waals surface area contributed by atoms with Crippen molar-refractivity contribution in [1.29, 1.82) is 0 Å². The average Bonchev–Trinajstić information content (AvgIpc) is 3.41. The summed E-state index contributed by atoms with van der Waals surface area (Å²) < 4.78 is 15.7. The van der Waals surface area contributed by atoms with Crippen molar-refractivity contribution in [3.05, 3.63) is 77.2 Å². The molecule has 1 aliphatic heterocycles. The van der Waals surface area contributed by atoms with E-state index in [1.165, 1.54) is 12.4 Å². The molecular formula is C29H33FN6O3. The van der Waals surface area contributed by atoms with E-state index in [0.29, 0.717) is 50.0 Å². The number of hydrogen-bond acceptors (Lipinski definition) is 6. The number of fused-ring (bicyclic) bond motifs is 1. The minimum absolute atomic E-state index is 0.0591. The monoisotopic (exact) mass is 532 g/mol. The molecule has 4 N–H and O–H groups in total. The lowest BCUT2D eigenvalue weighted by Crippen LogP contribution is -2.35. The molecule has 10 heteroatoms. The lowest BCUT2D eigenvalue weighted by atomic mass is 9.99. The highest BCUT2D eigenvalue weighted by Crippen LogP contribution is 2.29. The molecule has 2 amide bonds. The van der Waals surface area contributed by atoms with Gasteiger partial charge in [-0.05, 0) is 30.0 Å². The molecule has 0 bridgehead atoms.